The molecule has 1 fully saturated rings. The average molecular weight is 541 g/mol. The van der Waals surface area contributed by atoms with Crippen LogP contribution in [-0.4, -0.2) is 58.3 Å². The monoisotopic (exact) mass is 540 g/mol. The molecule has 0 aliphatic carbocycles. The van der Waals surface area contributed by atoms with E-state index in [2.05, 4.69) is 18.8 Å². The molecule has 9 nitrogen and oxygen atoms in total. The summed E-state index contributed by atoms with van der Waals surface area (Å²) in [5.41, 5.74) is 15.7. The minimum atomic E-state index is -0.420. The zero-order valence-electron chi connectivity index (χ0n) is 23.1. The third kappa shape index (κ3) is 5.50. The molecule has 208 valence electrons. The number of nitrogens with two attached hydrogens (primary N) is 2. The molecule has 3 aromatic rings. The Morgan fingerprint density at radius 1 is 1.02 bits per heavy atom. The smallest absolute Gasteiger partial charge is 0.314 e. The number of amidine groups is 1. The fraction of sp³-hybridized carbons (Fsp3) is 0.355. The Labute approximate surface area is 233 Å². The predicted molar refractivity (Wildman–Crippen MR) is 159 cm³/mol. The number of carbonyl (C=O) groups is 2. The molecule has 0 atom stereocenters. The molecule has 40 heavy (non-hydrogen) atoms. The summed E-state index contributed by atoms with van der Waals surface area (Å²) in [5, 5.41) is 1.49. The highest BCUT2D eigenvalue weighted by atomic mass is 16.2. The van der Waals surface area contributed by atoms with Crippen LogP contribution in [0.15, 0.2) is 64.0 Å². The molecule has 2 aromatic carbocycles. The third-order valence-corrected chi connectivity index (χ3v) is 7.58. The topological polar surface area (TPSA) is 127 Å². The predicted octanol–water partition coefficient (Wildman–Crippen LogP) is 4.10. The Morgan fingerprint density at radius 2 is 1.73 bits per heavy atom. The van der Waals surface area contributed by atoms with E-state index in [1.807, 2.05) is 59.6 Å². The van der Waals surface area contributed by atoms with Gasteiger partial charge in [-0.2, -0.15) is 0 Å². The minimum Gasteiger partial charge on any atom is -0.387 e. The quantitative estimate of drug-likeness (QED) is 0.446. The first-order chi connectivity index (χ1) is 19.3. The van der Waals surface area contributed by atoms with Crippen LogP contribution in [0, 0.1) is 5.92 Å². The highest BCUT2D eigenvalue weighted by molar-refractivity contribution is 6.05. The Bertz CT molecular complexity index is 1580. The second kappa shape index (κ2) is 11.4. The lowest BCUT2D eigenvalue weighted by atomic mass is 9.98. The van der Waals surface area contributed by atoms with Crippen molar-refractivity contribution in [3.05, 3.63) is 70.2 Å². The van der Waals surface area contributed by atoms with Gasteiger partial charge in [-0.3, -0.25) is 9.59 Å². The molecular formula is C31H36N6O3. The number of aromatic nitrogens is 1. The van der Waals surface area contributed by atoms with E-state index in [-0.39, 0.29) is 17.4 Å². The molecule has 1 saturated heterocycles. The second-order valence-electron chi connectivity index (χ2n) is 10.7. The van der Waals surface area contributed by atoms with Crippen LogP contribution >= 0.6 is 0 Å². The number of benzene rings is 2. The number of likely N-dealkylation sites (tertiary alicyclic amines) is 1. The number of rotatable bonds is 8. The molecule has 0 spiro atoms. The van der Waals surface area contributed by atoms with E-state index in [1.54, 1.807) is 9.47 Å². The van der Waals surface area contributed by atoms with Gasteiger partial charge in [-0.25, -0.2) is 9.79 Å². The fourth-order valence-electron chi connectivity index (χ4n) is 5.52. The van der Waals surface area contributed by atoms with Crippen molar-refractivity contribution in [1.29, 1.82) is 0 Å². The van der Waals surface area contributed by atoms with Gasteiger partial charge in [0.25, 0.3) is 5.56 Å². The van der Waals surface area contributed by atoms with Crippen LogP contribution in [0.25, 0.3) is 28.0 Å². The molecule has 9 heteroatoms. The molecular weight excluding hydrogens is 504 g/mol. The number of aliphatic imine (C=N–C) groups is 1. The highest BCUT2D eigenvalue weighted by Crippen LogP contribution is 2.33. The molecule has 0 radical (unpaired) electrons. The number of pyridine rings is 1. The van der Waals surface area contributed by atoms with Crippen molar-refractivity contribution >= 4 is 40.3 Å². The molecule has 2 aliphatic heterocycles. The van der Waals surface area contributed by atoms with Crippen molar-refractivity contribution in [2.45, 2.75) is 39.7 Å². The van der Waals surface area contributed by atoms with E-state index in [0.29, 0.717) is 55.9 Å². The number of amides is 3. The number of carbonyl (C=O) groups excluding carboxylic acids is 2. The Balaban J connectivity index is 1.40. The van der Waals surface area contributed by atoms with Crippen LogP contribution < -0.4 is 17.0 Å². The maximum Gasteiger partial charge on any atom is 0.314 e. The molecule has 3 heterocycles. The first kappa shape index (κ1) is 27.2. The van der Waals surface area contributed by atoms with E-state index in [1.165, 1.54) is 0 Å². The summed E-state index contributed by atoms with van der Waals surface area (Å²) >= 11 is 0. The second-order valence-corrected chi connectivity index (χ2v) is 10.7. The molecule has 4 N–H and O–H groups in total. The van der Waals surface area contributed by atoms with E-state index in [4.69, 9.17) is 11.5 Å². The number of nitrogens with zero attached hydrogens (tertiary/aromatic N) is 4. The summed E-state index contributed by atoms with van der Waals surface area (Å²) < 4.78 is 1.71. The van der Waals surface area contributed by atoms with Gasteiger partial charge >= 0.3 is 6.03 Å². The van der Waals surface area contributed by atoms with Crippen LogP contribution in [0.2, 0.25) is 0 Å². The van der Waals surface area contributed by atoms with Crippen molar-refractivity contribution in [2.75, 3.05) is 26.2 Å². The molecule has 2 aliphatic rings. The van der Waals surface area contributed by atoms with Crippen molar-refractivity contribution in [2.24, 2.45) is 22.4 Å². The fourth-order valence-corrected chi connectivity index (χ4v) is 5.52. The number of hydrogen-bond acceptors (Lipinski definition) is 5. The van der Waals surface area contributed by atoms with Crippen molar-refractivity contribution in [1.82, 2.24) is 14.4 Å². The van der Waals surface area contributed by atoms with Crippen molar-refractivity contribution < 1.29 is 9.59 Å². The first-order valence-electron chi connectivity index (χ1n) is 13.9. The lowest BCUT2D eigenvalue weighted by Crippen LogP contribution is -2.53. The van der Waals surface area contributed by atoms with Gasteiger partial charge in [0.15, 0.2) is 0 Å². The van der Waals surface area contributed by atoms with Crippen molar-refractivity contribution in [3.8, 4) is 11.1 Å². The lowest BCUT2D eigenvalue weighted by molar-refractivity contribution is -0.127. The highest BCUT2D eigenvalue weighted by Gasteiger charge is 2.29. The number of hydrogen-bond donors (Lipinski definition) is 2. The summed E-state index contributed by atoms with van der Waals surface area (Å²) in [6, 6.07) is 13.3. The van der Waals surface area contributed by atoms with Gasteiger partial charge in [0, 0.05) is 67.8 Å². The zero-order valence-corrected chi connectivity index (χ0v) is 23.1. The normalized spacial score (nSPS) is 15.1. The Kier molecular flexibility index (Phi) is 7.73. The summed E-state index contributed by atoms with van der Waals surface area (Å²) in [6.45, 7) is 7.28. The van der Waals surface area contributed by atoms with Crippen LogP contribution in [0.4, 0.5) is 10.5 Å². The molecule has 3 amide bonds. The largest absolute Gasteiger partial charge is 0.387 e. The van der Waals surface area contributed by atoms with Crippen LogP contribution in [0.3, 0.4) is 0 Å². The maximum absolute atomic E-state index is 13.3. The van der Waals surface area contributed by atoms with Gasteiger partial charge in [0.05, 0.1) is 5.69 Å². The van der Waals surface area contributed by atoms with Crippen LogP contribution in [0.5, 0.6) is 0 Å². The molecule has 0 bridgehead atoms. The maximum atomic E-state index is 13.3. The third-order valence-electron chi connectivity index (χ3n) is 7.58. The summed E-state index contributed by atoms with van der Waals surface area (Å²) in [7, 11) is 0. The standard InChI is InChI=1S/C31H36N6O3/c1-3-10-35(11-4-2)29(38)25-14-24-6-5-22(15-27(24)34-28(32)16-25)21-7-8-26-23(13-21)9-12-36(30(26)39)17-20-18-37(19-20)31(33)40/h5-9,12-15,20H,3-4,10-11,16-19H2,1-2H3,(H2,32,34)(H2,33,40). The van der Waals surface area contributed by atoms with Gasteiger partial charge in [-0.05, 0) is 59.7 Å². The summed E-state index contributed by atoms with van der Waals surface area (Å²) in [5.74, 6) is 0.648. The molecule has 0 unspecified atom stereocenters. The van der Waals surface area contributed by atoms with Gasteiger partial charge in [0.1, 0.15) is 5.84 Å². The van der Waals surface area contributed by atoms with Crippen molar-refractivity contribution in [3.63, 3.8) is 0 Å². The van der Waals surface area contributed by atoms with Gasteiger partial charge in [0.2, 0.25) is 5.91 Å². The zero-order chi connectivity index (χ0) is 28.4. The van der Waals surface area contributed by atoms with E-state index in [0.717, 1.165) is 40.6 Å². The minimum absolute atomic E-state index is 0.0152. The number of fused-ring (bicyclic) bond motifs is 2. The SMILES string of the molecule is CCCN(CCC)C(=O)C1=Cc2ccc(-c3ccc4c(=O)n(CC5CN(C(N)=O)C5)ccc4c3)cc2N=C(N)C1. The van der Waals surface area contributed by atoms with E-state index < -0.39 is 6.03 Å². The summed E-state index contributed by atoms with van der Waals surface area (Å²) in [6.07, 6.45) is 5.84. The molecule has 0 saturated carbocycles. The van der Waals surface area contributed by atoms with Crippen LogP contribution in [0.1, 0.15) is 38.7 Å². The van der Waals surface area contributed by atoms with Gasteiger partial charge < -0.3 is 25.8 Å². The van der Waals surface area contributed by atoms with E-state index in [9.17, 15) is 14.4 Å². The number of primary amides is 1. The average Bonchev–Trinajstić information content (AvgIpc) is 3.08. The van der Waals surface area contributed by atoms with E-state index >= 15 is 0 Å². The Hall–Kier alpha value is -4.40. The number of urea groups is 1. The van der Waals surface area contributed by atoms with Crippen LogP contribution in [-0.2, 0) is 11.3 Å². The molecule has 1 aromatic heterocycles. The molecule has 5 rings (SSSR count). The first-order valence-corrected chi connectivity index (χ1v) is 13.9. The lowest BCUT2D eigenvalue weighted by Gasteiger charge is -2.38. The summed E-state index contributed by atoms with van der Waals surface area (Å²) in [4.78, 5) is 45.8. The Morgan fingerprint density at radius 3 is 2.42 bits per heavy atom. The van der Waals surface area contributed by atoms with Gasteiger partial charge in [-0.1, -0.05) is 32.0 Å². The van der Waals surface area contributed by atoms with Gasteiger partial charge in [-0.15, -0.1) is 0 Å².